The highest BCUT2D eigenvalue weighted by atomic mass is 16.7. The van der Waals surface area contributed by atoms with Gasteiger partial charge in [0.25, 0.3) is 0 Å². The molecule has 2 aliphatic heterocycles. The van der Waals surface area contributed by atoms with E-state index >= 15 is 0 Å². The molecule has 5 nitrogen and oxygen atoms in total. The van der Waals surface area contributed by atoms with E-state index in [1.54, 1.807) is 0 Å². The van der Waals surface area contributed by atoms with Crippen molar-refractivity contribution in [2.75, 3.05) is 26.4 Å². The maximum Gasteiger partial charge on any atom is 0.168 e. The molecule has 0 aromatic carbocycles. The van der Waals surface area contributed by atoms with Gasteiger partial charge in [0.15, 0.2) is 11.6 Å². The minimum absolute atomic E-state index is 0.0165. The number of ketones is 1. The second-order valence-corrected chi connectivity index (χ2v) is 12.5. The molecule has 7 fully saturated rings. The zero-order valence-corrected chi connectivity index (χ0v) is 19.3. The molecular formula is C26H38O5. The maximum absolute atomic E-state index is 14.0. The van der Waals surface area contributed by atoms with Crippen molar-refractivity contribution >= 4 is 5.78 Å². The molecule has 31 heavy (non-hydrogen) atoms. The lowest BCUT2D eigenvalue weighted by Gasteiger charge is -2.59. The quantitative estimate of drug-likeness (QED) is 0.614. The fourth-order valence-corrected chi connectivity index (χ4v) is 10.1. The molecule has 0 unspecified atom stereocenters. The molecule has 7 rings (SSSR count). The summed E-state index contributed by atoms with van der Waals surface area (Å²) in [5.41, 5.74) is 0.352. The minimum atomic E-state index is -0.441. The minimum Gasteiger partial charge on any atom is -0.348 e. The van der Waals surface area contributed by atoms with Crippen LogP contribution < -0.4 is 0 Å². The van der Waals surface area contributed by atoms with Gasteiger partial charge in [-0.05, 0) is 80.5 Å². The Hall–Kier alpha value is -0.490. The number of fused-ring (bicyclic) bond motifs is 2. The van der Waals surface area contributed by atoms with Crippen molar-refractivity contribution in [1.82, 2.24) is 0 Å². The summed E-state index contributed by atoms with van der Waals surface area (Å²) in [6.45, 7) is 7.44. The van der Waals surface area contributed by atoms with E-state index in [1.165, 1.54) is 25.7 Å². The Kier molecular flexibility index (Phi) is 3.95. The molecule has 7 aliphatic rings. The highest BCUT2D eigenvalue weighted by Gasteiger charge is 2.82. The first-order valence-corrected chi connectivity index (χ1v) is 12.9. The molecule has 5 saturated carbocycles. The van der Waals surface area contributed by atoms with Gasteiger partial charge in [0, 0.05) is 30.6 Å². The summed E-state index contributed by atoms with van der Waals surface area (Å²) in [5.74, 6) is 2.13. The lowest BCUT2D eigenvalue weighted by atomic mass is 9.45. The third-order valence-corrected chi connectivity index (χ3v) is 11.5. The SMILES string of the molecule is CC1([C@H]2CC[C@@H]3[C@@H]4CC[C@H]5CC6(CC[C@]57C[C@]47C(=O)C[C@]3(C)C2)OCCO6)OCCO1. The largest absolute Gasteiger partial charge is 0.348 e. The Morgan fingerprint density at radius 3 is 2.23 bits per heavy atom. The number of ether oxygens (including phenoxy) is 4. The van der Waals surface area contributed by atoms with Crippen LogP contribution in [0, 0.1) is 39.9 Å². The van der Waals surface area contributed by atoms with Crippen LogP contribution in [-0.2, 0) is 23.7 Å². The number of Topliss-reactive ketones (excluding diaryl/α,β-unsaturated/α-hetero) is 1. The van der Waals surface area contributed by atoms with Gasteiger partial charge in [-0.2, -0.15) is 0 Å². The van der Waals surface area contributed by atoms with E-state index in [-0.39, 0.29) is 22.0 Å². The highest BCUT2D eigenvalue weighted by molar-refractivity contribution is 5.91. The van der Waals surface area contributed by atoms with Gasteiger partial charge in [-0.25, -0.2) is 0 Å². The summed E-state index contributed by atoms with van der Waals surface area (Å²) in [4.78, 5) is 14.0. The van der Waals surface area contributed by atoms with Crippen LogP contribution in [0.2, 0.25) is 0 Å². The van der Waals surface area contributed by atoms with Crippen molar-refractivity contribution in [3.63, 3.8) is 0 Å². The molecule has 3 spiro atoms. The van der Waals surface area contributed by atoms with Gasteiger partial charge < -0.3 is 18.9 Å². The second kappa shape index (κ2) is 6.14. The van der Waals surface area contributed by atoms with E-state index in [0.717, 1.165) is 51.7 Å². The zero-order chi connectivity index (χ0) is 21.1. The first-order valence-electron chi connectivity index (χ1n) is 12.9. The van der Waals surface area contributed by atoms with Gasteiger partial charge in [0.1, 0.15) is 5.78 Å². The molecule has 0 N–H and O–H groups in total. The monoisotopic (exact) mass is 430 g/mol. The van der Waals surface area contributed by atoms with Crippen molar-refractivity contribution in [3.8, 4) is 0 Å². The normalized spacial score (nSPS) is 54.1. The number of hydrogen-bond acceptors (Lipinski definition) is 5. The molecule has 5 heteroatoms. The molecule has 2 heterocycles. The smallest absolute Gasteiger partial charge is 0.168 e. The van der Waals surface area contributed by atoms with E-state index in [9.17, 15) is 4.79 Å². The topological polar surface area (TPSA) is 54.0 Å². The summed E-state index contributed by atoms with van der Waals surface area (Å²) in [6.07, 6.45) is 11.0. The van der Waals surface area contributed by atoms with Crippen LogP contribution >= 0.6 is 0 Å². The summed E-state index contributed by atoms with van der Waals surface area (Å²) in [5, 5.41) is 0. The van der Waals surface area contributed by atoms with Crippen LogP contribution in [0.1, 0.15) is 78.1 Å². The fraction of sp³-hybridized carbons (Fsp3) is 0.962. The molecule has 0 aromatic heterocycles. The Labute approximate surface area is 185 Å². The summed E-state index contributed by atoms with van der Waals surface area (Å²) in [6, 6.07) is 0. The Balaban J connectivity index is 1.16. The van der Waals surface area contributed by atoms with Crippen molar-refractivity contribution in [2.45, 2.75) is 89.6 Å². The molecule has 0 aromatic rings. The molecule has 0 amide bonds. The van der Waals surface area contributed by atoms with Crippen LogP contribution in [0.5, 0.6) is 0 Å². The molecule has 0 bridgehead atoms. The summed E-state index contributed by atoms with van der Waals surface area (Å²) < 4.78 is 24.3. The third kappa shape index (κ3) is 2.40. The molecule has 7 atom stereocenters. The van der Waals surface area contributed by atoms with E-state index in [1.807, 2.05) is 0 Å². The average molecular weight is 431 g/mol. The van der Waals surface area contributed by atoms with E-state index < -0.39 is 5.79 Å². The molecule has 5 aliphatic carbocycles. The lowest BCUT2D eigenvalue weighted by Crippen LogP contribution is -2.57. The summed E-state index contributed by atoms with van der Waals surface area (Å²) in [7, 11) is 0. The van der Waals surface area contributed by atoms with Gasteiger partial charge in [-0.1, -0.05) is 6.92 Å². The van der Waals surface area contributed by atoms with E-state index in [2.05, 4.69) is 13.8 Å². The predicted molar refractivity (Wildman–Crippen MR) is 113 cm³/mol. The van der Waals surface area contributed by atoms with Crippen molar-refractivity contribution < 1.29 is 23.7 Å². The highest BCUT2D eigenvalue weighted by Crippen LogP contribution is 2.84. The van der Waals surface area contributed by atoms with Gasteiger partial charge >= 0.3 is 0 Å². The van der Waals surface area contributed by atoms with Crippen LogP contribution in [0.4, 0.5) is 0 Å². The molecule has 2 saturated heterocycles. The first kappa shape index (κ1) is 19.9. The molecular weight excluding hydrogens is 392 g/mol. The standard InChI is InChI=1S/C26H38O5/c1-22-13-17(23(2)28-9-10-29-23)3-5-19(22)20-6-4-18-14-25(30-11-12-31-25)8-7-24(18)16-26(20,24)21(27)15-22/h17-20H,3-16H2,1-2H3/t17-,18-,19+,20-,22-,24-,26+/m0/s1. The first-order chi connectivity index (χ1) is 14.9. The number of rotatable bonds is 1. The van der Waals surface area contributed by atoms with E-state index in [0.29, 0.717) is 42.7 Å². The zero-order valence-electron chi connectivity index (χ0n) is 19.3. The predicted octanol–water partition coefficient (Wildman–Crippen LogP) is 4.47. The molecule has 172 valence electrons. The third-order valence-electron chi connectivity index (χ3n) is 11.5. The number of hydrogen-bond donors (Lipinski definition) is 0. The molecule has 0 radical (unpaired) electrons. The lowest BCUT2D eigenvalue weighted by molar-refractivity contribution is -0.220. The number of carbonyl (C=O) groups excluding carboxylic acids is 1. The van der Waals surface area contributed by atoms with Crippen LogP contribution in [0.15, 0.2) is 0 Å². The summed E-state index contributed by atoms with van der Waals surface area (Å²) >= 11 is 0. The Morgan fingerprint density at radius 1 is 0.774 bits per heavy atom. The van der Waals surface area contributed by atoms with Gasteiger partial charge in [0.05, 0.1) is 26.4 Å². The van der Waals surface area contributed by atoms with Crippen LogP contribution in [0.3, 0.4) is 0 Å². The van der Waals surface area contributed by atoms with Gasteiger partial charge in [-0.15, -0.1) is 0 Å². The average Bonchev–Trinajstić information content (AvgIpc) is 2.99. The van der Waals surface area contributed by atoms with Gasteiger partial charge in [-0.3, -0.25) is 4.79 Å². The number of carbonyl (C=O) groups is 1. The van der Waals surface area contributed by atoms with Crippen molar-refractivity contribution in [2.24, 2.45) is 39.9 Å². The fourth-order valence-electron chi connectivity index (χ4n) is 10.1. The second-order valence-electron chi connectivity index (χ2n) is 12.5. The Bertz CT molecular complexity index is 798. The van der Waals surface area contributed by atoms with Gasteiger partial charge in [0.2, 0.25) is 0 Å². The maximum atomic E-state index is 14.0. The van der Waals surface area contributed by atoms with Crippen LogP contribution in [-0.4, -0.2) is 43.8 Å². The van der Waals surface area contributed by atoms with E-state index in [4.69, 9.17) is 18.9 Å². The van der Waals surface area contributed by atoms with Crippen molar-refractivity contribution in [1.29, 1.82) is 0 Å². The Morgan fingerprint density at radius 2 is 1.45 bits per heavy atom. The van der Waals surface area contributed by atoms with Crippen LogP contribution in [0.25, 0.3) is 0 Å². The van der Waals surface area contributed by atoms with Crippen molar-refractivity contribution in [3.05, 3.63) is 0 Å².